The molecule has 0 aromatic carbocycles. The zero-order valence-electron chi connectivity index (χ0n) is 5.64. The molecule has 0 atom stereocenters. The maximum Gasteiger partial charge on any atom is 0.245 e. The first kappa shape index (κ1) is 8.43. The first-order valence-electron chi connectivity index (χ1n) is 2.95. The van der Waals surface area contributed by atoms with Crippen LogP contribution in [0.15, 0.2) is 0 Å². The first-order chi connectivity index (χ1) is 4.31. The molecule has 53 valence electrons. The Bertz CT molecular complexity index is 83.1. The lowest BCUT2D eigenvalue weighted by Crippen LogP contribution is -2.27. The van der Waals surface area contributed by atoms with Crippen molar-refractivity contribution in [3.05, 3.63) is 6.92 Å². The van der Waals surface area contributed by atoms with Crippen molar-refractivity contribution < 1.29 is 9.53 Å². The highest BCUT2D eigenvalue weighted by atomic mass is 16.5. The molecule has 1 radical (unpaired) electrons. The van der Waals surface area contributed by atoms with E-state index in [1.54, 1.807) is 0 Å². The number of hydrogen-bond donors (Lipinski definition) is 1. The molecule has 0 aliphatic heterocycles. The lowest BCUT2D eigenvalue weighted by Gasteiger charge is -1.99. The van der Waals surface area contributed by atoms with Gasteiger partial charge < -0.3 is 10.1 Å². The van der Waals surface area contributed by atoms with E-state index in [1.807, 2.05) is 6.92 Å². The van der Waals surface area contributed by atoms with E-state index in [-0.39, 0.29) is 12.5 Å². The summed E-state index contributed by atoms with van der Waals surface area (Å²) in [6, 6.07) is 0. The predicted molar refractivity (Wildman–Crippen MR) is 34.9 cm³/mol. The molecular weight excluding hydrogens is 118 g/mol. The molecule has 0 spiro atoms. The quantitative estimate of drug-likeness (QED) is 0.580. The summed E-state index contributed by atoms with van der Waals surface area (Å²) in [6.45, 7) is 6.40. The van der Waals surface area contributed by atoms with Crippen LogP contribution in [-0.2, 0) is 9.53 Å². The van der Waals surface area contributed by atoms with E-state index in [0.29, 0.717) is 13.2 Å². The van der Waals surface area contributed by atoms with E-state index in [1.165, 1.54) is 0 Å². The SMILES string of the molecule is [CH2]COCC(=O)NCC. The molecule has 0 saturated carbocycles. The average molecular weight is 130 g/mol. The predicted octanol–water partition coefficient (Wildman–Crippen LogP) is -0.0268. The maximum absolute atomic E-state index is 10.5. The number of carbonyl (C=O) groups excluding carboxylic acids is 1. The van der Waals surface area contributed by atoms with Gasteiger partial charge in [-0.2, -0.15) is 0 Å². The van der Waals surface area contributed by atoms with Crippen molar-refractivity contribution in [2.45, 2.75) is 6.92 Å². The van der Waals surface area contributed by atoms with Crippen molar-refractivity contribution in [2.24, 2.45) is 0 Å². The van der Waals surface area contributed by atoms with Crippen LogP contribution in [0.5, 0.6) is 0 Å². The second-order valence-corrected chi connectivity index (χ2v) is 1.51. The molecule has 0 aliphatic rings. The van der Waals surface area contributed by atoms with Crippen molar-refractivity contribution in [2.75, 3.05) is 19.8 Å². The molecule has 3 heteroatoms. The molecule has 1 amide bonds. The normalized spacial score (nSPS) is 9.11. The van der Waals surface area contributed by atoms with Crippen molar-refractivity contribution in [3.8, 4) is 0 Å². The van der Waals surface area contributed by atoms with Gasteiger partial charge in [0.25, 0.3) is 0 Å². The molecule has 0 aromatic heterocycles. The molecule has 3 nitrogen and oxygen atoms in total. The highest BCUT2D eigenvalue weighted by Gasteiger charge is 1.95. The summed E-state index contributed by atoms with van der Waals surface area (Å²) in [7, 11) is 0. The lowest BCUT2D eigenvalue weighted by molar-refractivity contribution is -0.125. The molecule has 0 saturated heterocycles. The van der Waals surface area contributed by atoms with Gasteiger partial charge in [-0.1, -0.05) is 0 Å². The Kier molecular flexibility index (Phi) is 5.21. The number of likely N-dealkylation sites (N-methyl/N-ethyl adjacent to an activating group) is 1. The van der Waals surface area contributed by atoms with Gasteiger partial charge in [0, 0.05) is 13.2 Å². The molecule has 0 heterocycles. The zero-order valence-corrected chi connectivity index (χ0v) is 5.64. The van der Waals surface area contributed by atoms with E-state index >= 15 is 0 Å². The van der Waals surface area contributed by atoms with Crippen LogP contribution in [-0.4, -0.2) is 25.7 Å². The van der Waals surface area contributed by atoms with Crippen molar-refractivity contribution >= 4 is 5.91 Å². The number of amides is 1. The largest absolute Gasteiger partial charge is 0.372 e. The number of rotatable bonds is 4. The minimum absolute atomic E-state index is 0.0823. The molecule has 9 heavy (non-hydrogen) atoms. The van der Waals surface area contributed by atoms with Gasteiger partial charge in [0.2, 0.25) is 5.91 Å². The number of hydrogen-bond acceptors (Lipinski definition) is 2. The van der Waals surface area contributed by atoms with E-state index in [0.717, 1.165) is 0 Å². The molecule has 0 aliphatic carbocycles. The van der Waals surface area contributed by atoms with E-state index < -0.39 is 0 Å². The van der Waals surface area contributed by atoms with Crippen LogP contribution in [0.3, 0.4) is 0 Å². The van der Waals surface area contributed by atoms with Gasteiger partial charge in [0.1, 0.15) is 6.61 Å². The fraction of sp³-hybridized carbons (Fsp3) is 0.667. The van der Waals surface area contributed by atoms with Gasteiger partial charge in [-0.15, -0.1) is 0 Å². The van der Waals surface area contributed by atoms with Gasteiger partial charge in [0.05, 0.1) is 0 Å². The smallest absolute Gasteiger partial charge is 0.245 e. The first-order valence-corrected chi connectivity index (χ1v) is 2.95. The Labute approximate surface area is 55.4 Å². The van der Waals surface area contributed by atoms with Crippen molar-refractivity contribution in [3.63, 3.8) is 0 Å². The lowest BCUT2D eigenvalue weighted by atomic mass is 10.6. The molecule has 0 aromatic rings. The summed E-state index contributed by atoms with van der Waals surface area (Å²) >= 11 is 0. The maximum atomic E-state index is 10.5. The Morgan fingerprint density at radius 1 is 1.78 bits per heavy atom. The summed E-state index contributed by atoms with van der Waals surface area (Å²) in [5.74, 6) is -0.0823. The Morgan fingerprint density at radius 3 is 2.89 bits per heavy atom. The van der Waals surface area contributed by atoms with Crippen molar-refractivity contribution in [1.82, 2.24) is 5.32 Å². The topological polar surface area (TPSA) is 38.3 Å². The van der Waals surface area contributed by atoms with E-state index in [2.05, 4.69) is 12.2 Å². The van der Waals surface area contributed by atoms with Gasteiger partial charge >= 0.3 is 0 Å². The molecule has 0 fully saturated rings. The van der Waals surface area contributed by atoms with Crippen LogP contribution in [0.4, 0.5) is 0 Å². The van der Waals surface area contributed by atoms with Crippen molar-refractivity contribution in [1.29, 1.82) is 0 Å². The van der Waals surface area contributed by atoms with E-state index in [9.17, 15) is 4.79 Å². The fourth-order valence-corrected chi connectivity index (χ4v) is 0.413. The summed E-state index contributed by atoms with van der Waals surface area (Å²) < 4.78 is 4.72. The number of ether oxygens (including phenoxy) is 1. The highest BCUT2D eigenvalue weighted by molar-refractivity contribution is 5.77. The van der Waals surface area contributed by atoms with Crippen LogP contribution in [0.2, 0.25) is 0 Å². The summed E-state index contributed by atoms with van der Waals surface area (Å²) in [6.07, 6.45) is 0. The van der Waals surface area contributed by atoms with Crippen LogP contribution >= 0.6 is 0 Å². The van der Waals surface area contributed by atoms with Crippen LogP contribution in [0, 0.1) is 6.92 Å². The van der Waals surface area contributed by atoms with Crippen LogP contribution < -0.4 is 5.32 Å². The van der Waals surface area contributed by atoms with Crippen LogP contribution in [0.1, 0.15) is 6.92 Å². The standard InChI is InChI=1S/C6H12NO2/c1-3-7-6(8)5-9-4-2/h2-5H2,1H3,(H,7,8). The second kappa shape index (κ2) is 5.56. The van der Waals surface area contributed by atoms with Gasteiger partial charge in [0.15, 0.2) is 0 Å². The minimum Gasteiger partial charge on any atom is -0.372 e. The molecule has 1 N–H and O–H groups in total. The average Bonchev–Trinajstić information content (AvgIpc) is 1.85. The van der Waals surface area contributed by atoms with Crippen LogP contribution in [0.25, 0.3) is 0 Å². The Hall–Kier alpha value is -0.570. The third-order valence-electron chi connectivity index (χ3n) is 0.751. The molecule has 0 bridgehead atoms. The van der Waals surface area contributed by atoms with Gasteiger partial charge in [-0.25, -0.2) is 0 Å². The molecule has 0 rings (SSSR count). The van der Waals surface area contributed by atoms with E-state index in [4.69, 9.17) is 4.74 Å². The molecule has 0 unspecified atom stereocenters. The van der Waals surface area contributed by atoms with Gasteiger partial charge in [-0.3, -0.25) is 4.79 Å². The third kappa shape index (κ3) is 5.30. The second-order valence-electron chi connectivity index (χ2n) is 1.51. The molecular formula is C6H12NO2. The monoisotopic (exact) mass is 130 g/mol. The zero-order chi connectivity index (χ0) is 7.11. The minimum atomic E-state index is -0.0823. The fourth-order valence-electron chi connectivity index (χ4n) is 0.413. The third-order valence-corrected chi connectivity index (χ3v) is 0.751. The van der Waals surface area contributed by atoms with Gasteiger partial charge in [-0.05, 0) is 13.8 Å². The Balaban J connectivity index is 3.06. The number of nitrogens with one attached hydrogen (secondary N) is 1. The highest BCUT2D eigenvalue weighted by Crippen LogP contribution is 1.71. The number of carbonyl (C=O) groups is 1. The Morgan fingerprint density at radius 2 is 2.44 bits per heavy atom. The summed E-state index contributed by atoms with van der Waals surface area (Å²) in [5.41, 5.74) is 0. The summed E-state index contributed by atoms with van der Waals surface area (Å²) in [5, 5.41) is 2.59. The summed E-state index contributed by atoms with van der Waals surface area (Å²) in [4.78, 5) is 10.5.